The van der Waals surface area contributed by atoms with Gasteiger partial charge in [-0.2, -0.15) is 0 Å². The van der Waals surface area contributed by atoms with Crippen molar-refractivity contribution in [2.75, 3.05) is 11.9 Å². The minimum atomic E-state index is -1.22. The third-order valence-electron chi connectivity index (χ3n) is 4.67. The normalized spacial score (nSPS) is 16.9. The number of amides is 1. The Kier molecular flexibility index (Phi) is 5.88. The Morgan fingerprint density at radius 3 is 2.62 bits per heavy atom. The predicted octanol–water partition coefficient (Wildman–Crippen LogP) is 4.21. The number of hydrogen-bond donors (Lipinski definition) is 2. The van der Waals surface area contributed by atoms with Gasteiger partial charge in [0.05, 0.1) is 10.6 Å². The largest absolute Gasteiger partial charge is 0.476 e. The number of carbonyl (C=O) groups is 2. The third kappa shape index (κ3) is 4.55. The highest BCUT2D eigenvalue weighted by Crippen LogP contribution is 2.35. The van der Waals surface area contributed by atoms with Crippen molar-refractivity contribution >= 4 is 29.0 Å². The number of carbonyl (C=O) groups excluding carboxylic acids is 1. The molecule has 0 spiro atoms. The quantitative estimate of drug-likeness (QED) is 0.752. The van der Waals surface area contributed by atoms with Gasteiger partial charge in [0.25, 0.3) is 5.91 Å². The fraction of sp³-hybridized carbons (Fsp3) is 0.500. The van der Waals surface area contributed by atoms with Crippen LogP contribution in [0.3, 0.4) is 0 Å². The molecule has 0 bridgehead atoms. The number of rotatable bonds is 5. The SMILES string of the molecule is C[C@H]1CCCN1C(=O)c1nc(C(=O)O)sc1-c1ccc(NC(C)(C)C)nc1CF. The predicted molar refractivity (Wildman–Crippen MR) is 110 cm³/mol. The lowest BCUT2D eigenvalue weighted by Crippen LogP contribution is -2.34. The molecule has 2 aromatic rings. The molecule has 1 atom stereocenters. The minimum Gasteiger partial charge on any atom is -0.476 e. The number of likely N-dealkylation sites (tertiary alicyclic amines) is 1. The molecular weight excluding hydrogens is 395 g/mol. The third-order valence-corrected chi connectivity index (χ3v) is 5.75. The molecule has 29 heavy (non-hydrogen) atoms. The number of carboxylic acids is 1. The number of nitrogens with zero attached hydrogens (tertiary/aromatic N) is 3. The van der Waals surface area contributed by atoms with Crippen LogP contribution >= 0.6 is 11.3 Å². The summed E-state index contributed by atoms with van der Waals surface area (Å²) in [7, 11) is 0. The van der Waals surface area contributed by atoms with E-state index in [4.69, 9.17) is 0 Å². The van der Waals surface area contributed by atoms with Crippen LogP contribution in [-0.4, -0.2) is 50.0 Å². The summed E-state index contributed by atoms with van der Waals surface area (Å²) in [5.41, 5.74) is 0.334. The lowest BCUT2D eigenvalue weighted by Gasteiger charge is -2.22. The first-order valence-corrected chi connectivity index (χ1v) is 10.3. The molecule has 1 amide bonds. The number of pyridine rings is 1. The molecule has 3 rings (SSSR count). The van der Waals surface area contributed by atoms with Crippen LogP contribution in [0.1, 0.15) is 66.5 Å². The van der Waals surface area contributed by atoms with Crippen molar-refractivity contribution in [3.05, 3.63) is 28.5 Å². The van der Waals surface area contributed by atoms with Crippen LogP contribution in [0.5, 0.6) is 0 Å². The summed E-state index contributed by atoms with van der Waals surface area (Å²) in [6.45, 7) is 7.61. The molecular formula is C20H25FN4O3S. The van der Waals surface area contributed by atoms with Crippen molar-refractivity contribution in [2.45, 2.75) is 58.8 Å². The van der Waals surface area contributed by atoms with Crippen LogP contribution in [0.4, 0.5) is 10.2 Å². The van der Waals surface area contributed by atoms with Gasteiger partial charge in [0, 0.05) is 23.7 Å². The van der Waals surface area contributed by atoms with Crippen molar-refractivity contribution in [2.24, 2.45) is 0 Å². The number of thiazole rings is 1. The topological polar surface area (TPSA) is 95.4 Å². The Bertz CT molecular complexity index is 938. The fourth-order valence-corrected chi connectivity index (χ4v) is 4.32. The van der Waals surface area contributed by atoms with E-state index in [1.165, 1.54) is 0 Å². The van der Waals surface area contributed by atoms with Crippen molar-refractivity contribution < 1.29 is 19.1 Å². The lowest BCUT2D eigenvalue weighted by atomic mass is 10.1. The summed E-state index contributed by atoms with van der Waals surface area (Å²) < 4.78 is 13.8. The van der Waals surface area contributed by atoms with Gasteiger partial charge in [-0.15, -0.1) is 11.3 Å². The van der Waals surface area contributed by atoms with E-state index >= 15 is 0 Å². The van der Waals surface area contributed by atoms with Gasteiger partial charge in [-0.25, -0.2) is 19.2 Å². The minimum absolute atomic E-state index is 0.0502. The van der Waals surface area contributed by atoms with Gasteiger partial charge in [-0.1, -0.05) is 0 Å². The molecule has 9 heteroatoms. The zero-order chi connectivity index (χ0) is 21.3. The number of hydrogen-bond acceptors (Lipinski definition) is 6. The summed E-state index contributed by atoms with van der Waals surface area (Å²) in [6, 6.07) is 3.42. The summed E-state index contributed by atoms with van der Waals surface area (Å²) in [4.78, 5) is 35.0. The Hall–Kier alpha value is -2.55. The van der Waals surface area contributed by atoms with Gasteiger partial charge >= 0.3 is 5.97 Å². The lowest BCUT2D eigenvalue weighted by molar-refractivity contribution is 0.0696. The molecule has 3 heterocycles. The van der Waals surface area contributed by atoms with E-state index in [9.17, 15) is 19.1 Å². The van der Waals surface area contributed by atoms with Crippen LogP contribution in [-0.2, 0) is 6.67 Å². The van der Waals surface area contributed by atoms with Gasteiger partial charge in [0.1, 0.15) is 18.2 Å². The van der Waals surface area contributed by atoms with E-state index in [0.29, 0.717) is 22.8 Å². The van der Waals surface area contributed by atoms with Crippen LogP contribution in [0, 0.1) is 0 Å². The maximum Gasteiger partial charge on any atom is 0.365 e. The highest BCUT2D eigenvalue weighted by molar-refractivity contribution is 7.17. The Morgan fingerprint density at radius 1 is 1.34 bits per heavy atom. The second-order valence-corrected chi connectivity index (χ2v) is 9.19. The van der Waals surface area contributed by atoms with Crippen molar-refractivity contribution in [1.82, 2.24) is 14.9 Å². The highest BCUT2D eigenvalue weighted by atomic mass is 32.1. The molecule has 156 valence electrons. The van der Waals surface area contributed by atoms with Crippen LogP contribution < -0.4 is 5.32 Å². The molecule has 0 unspecified atom stereocenters. The zero-order valence-electron chi connectivity index (χ0n) is 17.0. The van der Waals surface area contributed by atoms with Crippen LogP contribution in [0.15, 0.2) is 12.1 Å². The summed E-state index contributed by atoms with van der Waals surface area (Å²) in [5, 5.41) is 12.4. The average Bonchev–Trinajstić information content (AvgIpc) is 3.26. The molecule has 1 aliphatic heterocycles. The summed E-state index contributed by atoms with van der Waals surface area (Å²) in [6.07, 6.45) is 1.78. The maximum atomic E-state index is 13.8. The van der Waals surface area contributed by atoms with Crippen molar-refractivity contribution in [3.8, 4) is 10.4 Å². The average molecular weight is 421 g/mol. The maximum absolute atomic E-state index is 13.8. The van der Waals surface area contributed by atoms with Crippen molar-refractivity contribution in [1.29, 1.82) is 0 Å². The van der Waals surface area contributed by atoms with E-state index in [1.807, 2.05) is 27.7 Å². The van der Waals surface area contributed by atoms with Crippen molar-refractivity contribution in [3.63, 3.8) is 0 Å². The molecule has 2 N–H and O–H groups in total. The molecule has 0 saturated carbocycles. The van der Waals surface area contributed by atoms with E-state index < -0.39 is 12.6 Å². The van der Waals surface area contributed by atoms with Gasteiger partial charge in [0.2, 0.25) is 5.01 Å². The smallest absolute Gasteiger partial charge is 0.365 e. The van der Waals surface area contributed by atoms with E-state index in [2.05, 4.69) is 15.3 Å². The molecule has 1 saturated heterocycles. The Balaban J connectivity index is 2.07. The zero-order valence-corrected chi connectivity index (χ0v) is 17.8. The molecule has 1 fully saturated rings. The standard InChI is InChI=1S/C20H25FN4O3S/c1-11-6-5-9-25(11)18(26)15-16(29-17(23-15)19(27)28)12-7-8-14(22-13(12)10-21)24-20(2,3)4/h7-8,11H,5-6,9-10H2,1-4H3,(H,22,24)(H,27,28)/t11-/m0/s1. The molecule has 1 aliphatic rings. The second kappa shape index (κ2) is 8.06. The first-order valence-electron chi connectivity index (χ1n) is 9.50. The van der Waals surface area contributed by atoms with Crippen LogP contribution in [0.2, 0.25) is 0 Å². The molecule has 2 aromatic heterocycles. The Morgan fingerprint density at radius 2 is 2.07 bits per heavy atom. The van der Waals surface area contributed by atoms with E-state index in [1.54, 1.807) is 17.0 Å². The number of anilines is 1. The van der Waals surface area contributed by atoms with Gasteiger partial charge in [-0.05, 0) is 52.7 Å². The van der Waals surface area contributed by atoms with E-state index in [-0.39, 0.29) is 33.9 Å². The summed E-state index contributed by atoms with van der Waals surface area (Å²) in [5.74, 6) is -1.03. The van der Waals surface area contributed by atoms with Gasteiger partial charge in [-0.3, -0.25) is 4.79 Å². The first kappa shape index (κ1) is 21.2. The fourth-order valence-electron chi connectivity index (χ4n) is 3.37. The first-order chi connectivity index (χ1) is 13.6. The molecule has 7 nitrogen and oxygen atoms in total. The number of aromatic carboxylic acids is 1. The van der Waals surface area contributed by atoms with Crippen LogP contribution in [0.25, 0.3) is 10.4 Å². The monoisotopic (exact) mass is 420 g/mol. The number of halogens is 1. The second-order valence-electron chi connectivity index (χ2n) is 8.19. The molecule has 0 aromatic carbocycles. The molecule has 0 aliphatic carbocycles. The summed E-state index contributed by atoms with van der Waals surface area (Å²) >= 11 is 0.872. The highest BCUT2D eigenvalue weighted by Gasteiger charge is 2.32. The Labute approximate surface area is 173 Å². The van der Waals surface area contributed by atoms with E-state index in [0.717, 1.165) is 24.2 Å². The van der Waals surface area contributed by atoms with Gasteiger partial charge in [0.15, 0.2) is 0 Å². The number of alkyl halides is 1. The van der Waals surface area contributed by atoms with Gasteiger partial charge < -0.3 is 15.3 Å². The number of aromatic nitrogens is 2. The number of carboxylic acid groups (broad SMARTS) is 1. The number of nitrogens with one attached hydrogen (secondary N) is 1. The molecule has 0 radical (unpaired) electrons.